The van der Waals surface area contributed by atoms with Crippen LogP contribution in [0.4, 0.5) is 0 Å². The van der Waals surface area contributed by atoms with Gasteiger partial charge in [-0.05, 0) is 37.8 Å². The number of nitrogens with zero attached hydrogens (tertiary/aromatic N) is 1. The molecule has 0 heterocycles. The molecule has 1 aliphatic carbocycles. The Balaban J connectivity index is 2.03. The third-order valence-corrected chi connectivity index (χ3v) is 2.47. The van der Waals surface area contributed by atoms with Gasteiger partial charge in [0.1, 0.15) is 0 Å². The van der Waals surface area contributed by atoms with Crippen molar-refractivity contribution in [2.45, 2.75) is 25.7 Å². The summed E-state index contributed by atoms with van der Waals surface area (Å²) in [6, 6.07) is 2.25. The molecule has 0 aromatic heterocycles. The minimum Gasteiger partial charge on any atom is -0.330 e. The van der Waals surface area contributed by atoms with Gasteiger partial charge < -0.3 is 11.1 Å². The predicted molar refractivity (Wildman–Crippen MR) is 48.4 cm³/mol. The predicted octanol–water partition coefficient (Wildman–Crippen LogP) is 0.619. The summed E-state index contributed by atoms with van der Waals surface area (Å²) in [5, 5.41) is 11.9. The summed E-state index contributed by atoms with van der Waals surface area (Å²) in [4.78, 5) is 0. The summed E-state index contributed by atoms with van der Waals surface area (Å²) in [7, 11) is 0. The van der Waals surface area contributed by atoms with Crippen molar-refractivity contribution in [3.05, 3.63) is 0 Å². The first-order valence-corrected chi connectivity index (χ1v) is 4.61. The lowest BCUT2D eigenvalue weighted by atomic mass is 10.0. The van der Waals surface area contributed by atoms with Gasteiger partial charge in [0.2, 0.25) is 0 Å². The highest BCUT2D eigenvalue weighted by Crippen LogP contribution is 2.47. The standard InChI is InChI=1S/C9H17N3/c10-5-1-7-12-8-9(2-3-9)4-6-11/h12H,1-5,7-8,10H2. The number of rotatable bonds is 6. The summed E-state index contributed by atoms with van der Waals surface area (Å²) in [6.07, 6.45) is 4.18. The normalized spacial score (nSPS) is 18.7. The molecule has 0 atom stereocenters. The Kier molecular flexibility index (Phi) is 3.51. The second-order valence-electron chi connectivity index (χ2n) is 3.65. The van der Waals surface area contributed by atoms with Gasteiger partial charge in [-0.25, -0.2) is 0 Å². The maximum absolute atomic E-state index is 8.55. The first-order chi connectivity index (χ1) is 5.83. The van der Waals surface area contributed by atoms with Crippen molar-refractivity contribution < 1.29 is 0 Å². The summed E-state index contributed by atoms with van der Waals surface area (Å²) >= 11 is 0. The maximum atomic E-state index is 8.55. The smallest absolute Gasteiger partial charge is 0.0628 e. The third kappa shape index (κ3) is 2.80. The minimum absolute atomic E-state index is 0.337. The molecule has 0 amide bonds. The highest BCUT2D eigenvalue weighted by Gasteiger charge is 2.41. The van der Waals surface area contributed by atoms with Crippen LogP contribution >= 0.6 is 0 Å². The van der Waals surface area contributed by atoms with Gasteiger partial charge in [0, 0.05) is 13.0 Å². The van der Waals surface area contributed by atoms with Crippen molar-refractivity contribution in [1.29, 1.82) is 5.26 Å². The highest BCUT2D eigenvalue weighted by molar-refractivity contribution is 5.00. The molecule has 1 saturated carbocycles. The van der Waals surface area contributed by atoms with E-state index < -0.39 is 0 Å². The monoisotopic (exact) mass is 167 g/mol. The molecule has 12 heavy (non-hydrogen) atoms. The minimum atomic E-state index is 0.337. The lowest BCUT2D eigenvalue weighted by Crippen LogP contribution is -2.26. The van der Waals surface area contributed by atoms with Crippen molar-refractivity contribution in [2.75, 3.05) is 19.6 Å². The van der Waals surface area contributed by atoms with Crippen molar-refractivity contribution >= 4 is 0 Å². The second kappa shape index (κ2) is 4.44. The van der Waals surface area contributed by atoms with E-state index in [2.05, 4.69) is 11.4 Å². The third-order valence-electron chi connectivity index (χ3n) is 2.47. The van der Waals surface area contributed by atoms with Crippen LogP contribution in [0.5, 0.6) is 0 Å². The van der Waals surface area contributed by atoms with Crippen LogP contribution in [0.1, 0.15) is 25.7 Å². The number of hydrogen-bond donors (Lipinski definition) is 2. The average Bonchev–Trinajstić information content (AvgIpc) is 2.81. The van der Waals surface area contributed by atoms with Crippen LogP contribution in [0.3, 0.4) is 0 Å². The van der Waals surface area contributed by atoms with Gasteiger partial charge in [0.05, 0.1) is 6.07 Å². The summed E-state index contributed by atoms with van der Waals surface area (Å²) in [5.41, 5.74) is 5.70. The Bertz CT molecular complexity index is 167. The largest absolute Gasteiger partial charge is 0.330 e. The van der Waals surface area contributed by atoms with Crippen LogP contribution < -0.4 is 11.1 Å². The highest BCUT2D eigenvalue weighted by atomic mass is 14.9. The molecule has 68 valence electrons. The number of nitrogens with one attached hydrogen (secondary N) is 1. The molecule has 0 aliphatic heterocycles. The average molecular weight is 167 g/mol. The van der Waals surface area contributed by atoms with E-state index in [-0.39, 0.29) is 0 Å². The molecule has 0 bridgehead atoms. The zero-order chi connectivity index (χ0) is 8.86. The van der Waals surface area contributed by atoms with Crippen LogP contribution in [0.15, 0.2) is 0 Å². The molecule has 0 spiro atoms. The van der Waals surface area contributed by atoms with E-state index in [9.17, 15) is 0 Å². The molecular weight excluding hydrogens is 150 g/mol. The Morgan fingerprint density at radius 3 is 2.75 bits per heavy atom. The van der Waals surface area contributed by atoms with Crippen LogP contribution in [0.25, 0.3) is 0 Å². The maximum Gasteiger partial charge on any atom is 0.0628 e. The Morgan fingerprint density at radius 1 is 1.50 bits per heavy atom. The van der Waals surface area contributed by atoms with Gasteiger partial charge in [-0.2, -0.15) is 5.26 Å². The molecule has 0 unspecified atom stereocenters. The molecule has 3 nitrogen and oxygen atoms in total. The fraction of sp³-hybridized carbons (Fsp3) is 0.889. The molecule has 3 N–H and O–H groups in total. The molecule has 3 heteroatoms. The van der Waals surface area contributed by atoms with E-state index in [0.29, 0.717) is 11.8 Å². The molecule has 0 aromatic rings. The van der Waals surface area contributed by atoms with Crippen molar-refractivity contribution in [2.24, 2.45) is 11.1 Å². The molecular formula is C9H17N3. The summed E-state index contributed by atoms with van der Waals surface area (Å²) in [5.74, 6) is 0. The van der Waals surface area contributed by atoms with Gasteiger partial charge in [-0.15, -0.1) is 0 Å². The van der Waals surface area contributed by atoms with Gasteiger partial charge in [0.25, 0.3) is 0 Å². The summed E-state index contributed by atoms with van der Waals surface area (Å²) < 4.78 is 0. The molecule has 1 fully saturated rings. The van der Waals surface area contributed by atoms with Gasteiger partial charge in [0.15, 0.2) is 0 Å². The van der Waals surface area contributed by atoms with Crippen molar-refractivity contribution in [3.8, 4) is 6.07 Å². The first kappa shape index (κ1) is 9.50. The van der Waals surface area contributed by atoms with Crippen LogP contribution in [-0.2, 0) is 0 Å². The fourth-order valence-corrected chi connectivity index (χ4v) is 1.34. The van der Waals surface area contributed by atoms with Gasteiger partial charge >= 0.3 is 0 Å². The topological polar surface area (TPSA) is 61.8 Å². The van der Waals surface area contributed by atoms with E-state index in [4.69, 9.17) is 11.0 Å². The lowest BCUT2D eigenvalue weighted by Gasteiger charge is -2.11. The SMILES string of the molecule is N#CCC1(CNCCCN)CC1. The molecule has 0 saturated heterocycles. The fourth-order valence-electron chi connectivity index (χ4n) is 1.34. The molecule has 1 aliphatic rings. The Labute approximate surface area is 73.9 Å². The zero-order valence-electron chi connectivity index (χ0n) is 7.47. The van der Waals surface area contributed by atoms with Gasteiger partial charge in [-0.1, -0.05) is 0 Å². The quantitative estimate of drug-likeness (QED) is 0.570. The number of nitriles is 1. The molecule has 1 rings (SSSR count). The number of hydrogen-bond acceptors (Lipinski definition) is 3. The van der Waals surface area contributed by atoms with Gasteiger partial charge in [-0.3, -0.25) is 0 Å². The van der Waals surface area contributed by atoms with Crippen LogP contribution in [0.2, 0.25) is 0 Å². The van der Waals surface area contributed by atoms with E-state index in [1.165, 1.54) is 12.8 Å². The van der Waals surface area contributed by atoms with E-state index >= 15 is 0 Å². The lowest BCUT2D eigenvalue weighted by molar-refractivity contribution is 0.465. The molecule has 0 radical (unpaired) electrons. The van der Waals surface area contributed by atoms with Crippen LogP contribution in [-0.4, -0.2) is 19.6 Å². The summed E-state index contributed by atoms with van der Waals surface area (Å²) in [6.45, 7) is 2.74. The first-order valence-electron chi connectivity index (χ1n) is 4.61. The van der Waals surface area contributed by atoms with Crippen LogP contribution in [0, 0.1) is 16.7 Å². The number of nitrogens with two attached hydrogens (primary N) is 1. The Morgan fingerprint density at radius 2 is 2.25 bits per heavy atom. The zero-order valence-corrected chi connectivity index (χ0v) is 7.47. The van der Waals surface area contributed by atoms with Crippen molar-refractivity contribution in [3.63, 3.8) is 0 Å². The van der Waals surface area contributed by atoms with E-state index in [0.717, 1.165) is 26.1 Å². The van der Waals surface area contributed by atoms with Crippen molar-refractivity contribution in [1.82, 2.24) is 5.32 Å². The van der Waals surface area contributed by atoms with E-state index in [1.807, 2.05) is 0 Å². The second-order valence-corrected chi connectivity index (χ2v) is 3.65. The van der Waals surface area contributed by atoms with E-state index in [1.54, 1.807) is 0 Å². The molecule has 0 aromatic carbocycles. The Hall–Kier alpha value is -0.590.